The zero-order valence-electron chi connectivity index (χ0n) is 13.8. The molecular weight excluding hydrogens is 216 g/mol. The smallest absolute Gasteiger partial charge is 0.0174 e. The number of allylic oxidation sites excluding steroid dienone is 1. The van der Waals surface area contributed by atoms with Crippen LogP contribution in [-0.2, 0) is 0 Å². The SMILES string of the molecule is C=C.C=C1CC(C(C)C)C2CCC12.CC.CCC. The molecule has 3 atom stereocenters. The molecule has 2 saturated carbocycles. The molecule has 0 bridgehead atoms. The number of fused-ring (bicyclic) bond motifs is 1. The highest BCUT2D eigenvalue weighted by Gasteiger charge is 2.45. The molecule has 0 aromatic heterocycles. The lowest BCUT2D eigenvalue weighted by Gasteiger charge is -2.35. The molecule has 2 fully saturated rings. The van der Waals surface area contributed by atoms with E-state index in [4.69, 9.17) is 0 Å². The molecule has 0 saturated heterocycles. The Hall–Kier alpha value is -0.520. The van der Waals surface area contributed by atoms with Crippen LogP contribution in [-0.4, -0.2) is 0 Å². The highest BCUT2D eigenvalue weighted by atomic mass is 14.5. The van der Waals surface area contributed by atoms with Crippen molar-refractivity contribution in [2.24, 2.45) is 23.7 Å². The molecule has 2 rings (SSSR count). The van der Waals surface area contributed by atoms with Crippen LogP contribution in [0.25, 0.3) is 0 Å². The van der Waals surface area contributed by atoms with E-state index in [-0.39, 0.29) is 0 Å². The third-order valence-corrected chi connectivity index (χ3v) is 3.76. The van der Waals surface area contributed by atoms with Gasteiger partial charge in [-0.05, 0) is 42.9 Å². The van der Waals surface area contributed by atoms with Gasteiger partial charge in [-0.1, -0.05) is 60.1 Å². The van der Waals surface area contributed by atoms with E-state index in [9.17, 15) is 0 Å². The van der Waals surface area contributed by atoms with E-state index in [1.807, 2.05) is 13.8 Å². The molecule has 0 aromatic rings. The largest absolute Gasteiger partial charge is 0.106 e. The van der Waals surface area contributed by atoms with Gasteiger partial charge in [-0.2, -0.15) is 0 Å². The van der Waals surface area contributed by atoms with Crippen LogP contribution in [0.1, 0.15) is 67.2 Å². The van der Waals surface area contributed by atoms with Gasteiger partial charge in [-0.3, -0.25) is 0 Å². The molecule has 0 N–H and O–H groups in total. The summed E-state index contributed by atoms with van der Waals surface area (Å²) in [6.07, 6.45) is 5.49. The van der Waals surface area contributed by atoms with Crippen LogP contribution >= 0.6 is 0 Å². The summed E-state index contributed by atoms with van der Waals surface area (Å²) >= 11 is 0. The average molecular weight is 252 g/mol. The standard InChI is InChI=1S/C11H18.C3H8.C2H6.C2H4/c1-7(2)11-6-8(3)9-4-5-10(9)11;1-3-2;2*1-2/h7,9-11H,3-6H2,1-2H3;3H2,1-2H3;1-2H3;1-2H2. The van der Waals surface area contributed by atoms with Gasteiger partial charge in [-0.15, -0.1) is 13.2 Å². The van der Waals surface area contributed by atoms with Crippen molar-refractivity contribution < 1.29 is 0 Å². The Labute approximate surface area is 117 Å². The first-order chi connectivity index (χ1) is 8.61. The van der Waals surface area contributed by atoms with E-state index in [0.29, 0.717) is 0 Å². The lowest BCUT2D eigenvalue weighted by Crippen LogP contribution is -2.27. The molecule has 0 spiro atoms. The second kappa shape index (κ2) is 11.6. The van der Waals surface area contributed by atoms with Crippen LogP contribution in [0.3, 0.4) is 0 Å². The van der Waals surface area contributed by atoms with E-state index in [1.165, 1.54) is 25.7 Å². The summed E-state index contributed by atoms with van der Waals surface area (Å²) in [7, 11) is 0. The van der Waals surface area contributed by atoms with Gasteiger partial charge < -0.3 is 0 Å². The van der Waals surface area contributed by atoms with E-state index in [0.717, 1.165) is 23.7 Å². The molecule has 0 aromatic carbocycles. The Morgan fingerprint density at radius 3 is 1.72 bits per heavy atom. The zero-order valence-corrected chi connectivity index (χ0v) is 13.8. The molecule has 108 valence electrons. The Morgan fingerprint density at radius 2 is 1.56 bits per heavy atom. The maximum absolute atomic E-state index is 4.17. The van der Waals surface area contributed by atoms with Gasteiger partial charge in [0.05, 0.1) is 0 Å². The van der Waals surface area contributed by atoms with Gasteiger partial charge >= 0.3 is 0 Å². The number of hydrogen-bond donors (Lipinski definition) is 0. The van der Waals surface area contributed by atoms with Crippen molar-refractivity contribution in [2.45, 2.75) is 67.2 Å². The highest BCUT2D eigenvalue weighted by molar-refractivity contribution is 5.16. The van der Waals surface area contributed by atoms with Crippen molar-refractivity contribution >= 4 is 0 Å². The Bertz CT molecular complexity index is 202. The van der Waals surface area contributed by atoms with Crippen LogP contribution in [0.15, 0.2) is 25.3 Å². The molecule has 0 heterocycles. The molecule has 0 amide bonds. The van der Waals surface area contributed by atoms with Crippen molar-refractivity contribution in [2.75, 3.05) is 0 Å². The van der Waals surface area contributed by atoms with Gasteiger partial charge in [0.15, 0.2) is 0 Å². The molecule has 2 aliphatic carbocycles. The molecular formula is C18H36. The van der Waals surface area contributed by atoms with Crippen molar-refractivity contribution in [1.29, 1.82) is 0 Å². The summed E-state index contributed by atoms with van der Waals surface area (Å²) < 4.78 is 0. The molecule has 3 unspecified atom stereocenters. The Balaban J connectivity index is 0. The van der Waals surface area contributed by atoms with Crippen LogP contribution < -0.4 is 0 Å². The summed E-state index contributed by atoms with van der Waals surface area (Å²) in [4.78, 5) is 0. The Kier molecular flexibility index (Phi) is 12.7. The predicted molar refractivity (Wildman–Crippen MR) is 86.9 cm³/mol. The lowest BCUT2D eigenvalue weighted by molar-refractivity contribution is 0.153. The van der Waals surface area contributed by atoms with Crippen molar-refractivity contribution in [1.82, 2.24) is 0 Å². The third-order valence-electron chi connectivity index (χ3n) is 3.76. The number of hydrogen-bond acceptors (Lipinski definition) is 0. The van der Waals surface area contributed by atoms with Crippen LogP contribution in [0.4, 0.5) is 0 Å². The normalized spacial score (nSPS) is 27.5. The van der Waals surface area contributed by atoms with Gasteiger partial charge in [0.25, 0.3) is 0 Å². The highest BCUT2D eigenvalue weighted by Crippen LogP contribution is 2.54. The minimum atomic E-state index is 0.877. The predicted octanol–water partition coefficient (Wildman–Crippen LogP) is 6.49. The summed E-state index contributed by atoms with van der Waals surface area (Å²) in [6.45, 7) is 23.1. The quantitative estimate of drug-likeness (QED) is 0.468. The molecule has 0 heteroatoms. The van der Waals surface area contributed by atoms with E-state index < -0.39 is 0 Å². The fourth-order valence-electron chi connectivity index (χ4n) is 2.88. The van der Waals surface area contributed by atoms with Gasteiger partial charge in [0.1, 0.15) is 0 Å². The average Bonchev–Trinajstić information content (AvgIpc) is 2.54. The number of rotatable bonds is 1. The third kappa shape index (κ3) is 5.42. The first-order valence-electron chi connectivity index (χ1n) is 7.79. The maximum atomic E-state index is 4.17. The Morgan fingerprint density at radius 1 is 1.11 bits per heavy atom. The van der Waals surface area contributed by atoms with Crippen molar-refractivity contribution in [3.63, 3.8) is 0 Å². The monoisotopic (exact) mass is 252 g/mol. The fourth-order valence-corrected chi connectivity index (χ4v) is 2.88. The van der Waals surface area contributed by atoms with Crippen molar-refractivity contribution in [3.8, 4) is 0 Å². The summed E-state index contributed by atoms with van der Waals surface area (Å²) in [6, 6.07) is 0. The molecule has 0 nitrogen and oxygen atoms in total. The van der Waals surface area contributed by atoms with Crippen LogP contribution in [0, 0.1) is 23.7 Å². The van der Waals surface area contributed by atoms with E-state index in [2.05, 4.69) is 47.4 Å². The molecule has 0 aliphatic heterocycles. The molecule has 2 aliphatic rings. The second-order valence-corrected chi connectivity index (χ2v) is 5.33. The van der Waals surface area contributed by atoms with Crippen molar-refractivity contribution in [3.05, 3.63) is 25.3 Å². The second-order valence-electron chi connectivity index (χ2n) is 5.33. The van der Waals surface area contributed by atoms with E-state index >= 15 is 0 Å². The first-order valence-corrected chi connectivity index (χ1v) is 7.79. The summed E-state index contributed by atoms with van der Waals surface area (Å²) in [5.41, 5.74) is 1.56. The lowest BCUT2D eigenvalue weighted by atomic mass is 9.69. The van der Waals surface area contributed by atoms with Gasteiger partial charge in [0.2, 0.25) is 0 Å². The first kappa shape index (κ1) is 19.8. The van der Waals surface area contributed by atoms with Gasteiger partial charge in [-0.25, -0.2) is 0 Å². The zero-order chi connectivity index (χ0) is 14.7. The fraction of sp³-hybridized carbons (Fsp3) is 0.778. The minimum Gasteiger partial charge on any atom is -0.106 e. The topological polar surface area (TPSA) is 0 Å². The van der Waals surface area contributed by atoms with Gasteiger partial charge in [0, 0.05) is 0 Å². The maximum Gasteiger partial charge on any atom is -0.0174 e. The van der Waals surface area contributed by atoms with Crippen LogP contribution in [0.5, 0.6) is 0 Å². The summed E-state index contributed by atoms with van der Waals surface area (Å²) in [5.74, 6) is 3.81. The molecule has 0 radical (unpaired) electrons. The van der Waals surface area contributed by atoms with E-state index in [1.54, 1.807) is 5.57 Å². The minimum absolute atomic E-state index is 0.877. The summed E-state index contributed by atoms with van der Waals surface area (Å²) in [5, 5.41) is 0. The molecule has 18 heavy (non-hydrogen) atoms. The van der Waals surface area contributed by atoms with Crippen LogP contribution in [0.2, 0.25) is 0 Å².